The van der Waals surface area contributed by atoms with Gasteiger partial charge in [0.05, 0.1) is 15.1 Å². The number of benzene rings is 2. The van der Waals surface area contributed by atoms with Crippen molar-refractivity contribution in [3.8, 4) is 0 Å². The first kappa shape index (κ1) is 17.5. The first-order chi connectivity index (χ1) is 12.5. The summed E-state index contributed by atoms with van der Waals surface area (Å²) < 4.78 is 24.4. The number of anilines is 1. The van der Waals surface area contributed by atoms with Gasteiger partial charge >= 0.3 is 0 Å². The molecule has 0 atom stereocenters. The highest BCUT2D eigenvalue weighted by Crippen LogP contribution is 2.31. The SMILES string of the molecule is CS(=O)(=O)c1ccc2nc(N3CCN(Cc4ccccc4)CC3)sc2c1. The van der Waals surface area contributed by atoms with Crippen LogP contribution in [0.4, 0.5) is 5.13 Å². The van der Waals surface area contributed by atoms with E-state index in [2.05, 4.69) is 34.1 Å². The second kappa shape index (κ2) is 6.98. The van der Waals surface area contributed by atoms with E-state index in [4.69, 9.17) is 4.98 Å². The zero-order chi connectivity index (χ0) is 18.1. The van der Waals surface area contributed by atoms with Crippen molar-refractivity contribution in [3.63, 3.8) is 0 Å². The van der Waals surface area contributed by atoms with Crippen LogP contribution in [-0.4, -0.2) is 50.7 Å². The van der Waals surface area contributed by atoms with E-state index in [0.717, 1.165) is 48.1 Å². The van der Waals surface area contributed by atoms with Crippen LogP contribution in [0.5, 0.6) is 0 Å². The highest BCUT2D eigenvalue weighted by Gasteiger charge is 2.20. The van der Waals surface area contributed by atoms with Gasteiger partial charge in [0.2, 0.25) is 0 Å². The Hall–Kier alpha value is -1.96. The van der Waals surface area contributed by atoms with Crippen molar-refractivity contribution in [2.75, 3.05) is 37.3 Å². The van der Waals surface area contributed by atoms with E-state index in [1.54, 1.807) is 29.5 Å². The van der Waals surface area contributed by atoms with Crippen molar-refractivity contribution >= 4 is 36.5 Å². The maximum atomic E-state index is 11.7. The standard InChI is InChI=1S/C19H21N3O2S2/c1-26(23,24)16-7-8-17-18(13-16)25-19(20-17)22-11-9-21(10-12-22)14-15-5-3-2-4-6-15/h2-8,13H,9-12,14H2,1H3. The van der Waals surface area contributed by atoms with Gasteiger partial charge in [0.1, 0.15) is 0 Å². The largest absolute Gasteiger partial charge is 0.345 e. The Morgan fingerprint density at radius 1 is 1.04 bits per heavy atom. The molecule has 4 rings (SSSR count). The number of sulfone groups is 1. The van der Waals surface area contributed by atoms with E-state index in [-0.39, 0.29) is 0 Å². The monoisotopic (exact) mass is 387 g/mol. The smallest absolute Gasteiger partial charge is 0.186 e. The van der Waals surface area contributed by atoms with Crippen LogP contribution in [0, 0.1) is 0 Å². The number of nitrogens with zero attached hydrogens (tertiary/aromatic N) is 3. The van der Waals surface area contributed by atoms with Gasteiger partial charge in [-0.2, -0.15) is 0 Å². The van der Waals surface area contributed by atoms with Crippen LogP contribution in [0.2, 0.25) is 0 Å². The molecular formula is C19H21N3O2S2. The molecule has 136 valence electrons. The summed E-state index contributed by atoms with van der Waals surface area (Å²) in [5.41, 5.74) is 2.21. The predicted molar refractivity (Wildman–Crippen MR) is 107 cm³/mol. The van der Waals surface area contributed by atoms with Gasteiger partial charge in [-0.25, -0.2) is 13.4 Å². The molecule has 0 saturated carbocycles. The average Bonchev–Trinajstić information content (AvgIpc) is 3.06. The van der Waals surface area contributed by atoms with Gasteiger partial charge in [-0.05, 0) is 23.8 Å². The van der Waals surface area contributed by atoms with E-state index in [9.17, 15) is 8.42 Å². The number of aromatic nitrogens is 1. The molecule has 0 amide bonds. The fourth-order valence-corrected chi connectivity index (χ4v) is 4.98. The van der Waals surface area contributed by atoms with Gasteiger partial charge in [0.25, 0.3) is 0 Å². The third-order valence-electron chi connectivity index (χ3n) is 4.67. The number of hydrogen-bond donors (Lipinski definition) is 0. The molecule has 1 aromatic heterocycles. The molecule has 2 heterocycles. The zero-order valence-corrected chi connectivity index (χ0v) is 16.3. The molecule has 1 fully saturated rings. The van der Waals surface area contributed by atoms with Gasteiger partial charge < -0.3 is 4.90 Å². The highest BCUT2D eigenvalue weighted by atomic mass is 32.2. The first-order valence-corrected chi connectivity index (χ1v) is 11.3. The lowest BCUT2D eigenvalue weighted by Gasteiger charge is -2.34. The lowest BCUT2D eigenvalue weighted by atomic mass is 10.2. The van der Waals surface area contributed by atoms with Crippen LogP contribution in [0.1, 0.15) is 5.56 Å². The summed E-state index contributed by atoms with van der Waals surface area (Å²) >= 11 is 1.57. The topological polar surface area (TPSA) is 53.5 Å². The normalized spacial score (nSPS) is 16.3. The molecular weight excluding hydrogens is 366 g/mol. The van der Waals surface area contributed by atoms with Crippen molar-refractivity contribution in [2.24, 2.45) is 0 Å². The molecule has 0 spiro atoms. The fraction of sp³-hybridized carbons (Fsp3) is 0.316. The van der Waals surface area contributed by atoms with E-state index in [1.165, 1.54) is 11.8 Å². The minimum absolute atomic E-state index is 0.355. The third kappa shape index (κ3) is 3.75. The van der Waals surface area contributed by atoms with Gasteiger partial charge in [0, 0.05) is 39.0 Å². The van der Waals surface area contributed by atoms with Crippen LogP contribution in [0.25, 0.3) is 10.2 Å². The van der Waals surface area contributed by atoms with Crippen molar-refractivity contribution in [3.05, 3.63) is 54.1 Å². The molecule has 0 aliphatic carbocycles. The molecule has 7 heteroatoms. The average molecular weight is 388 g/mol. The van der Waals surface area contributed by atoms with E-state index < -0.39 is 9.84 Å². The minimum atomic E-state index is -3.19. The number of rotatable bonds is 4. The van der Waals surface area contributed by atoms with Crippen LogP contribution >= 0.6 is 11.3 Å². The highest BCUT2D eigenvalue weighted by molar-refractivity contribution is 7.90. The molecule has 1 aliphatic rings. The van der Waals surface area contributed by atoms with E-state index in [0.29, 0.717) is 4.90 Å². The molecule has 0 bridgehead atoms. The third-order valence-corrected chi connectivity index (χ3v) is 6.86. The summed E-state index contributed by atoms with van der Waals surface area (Å²) in [5.74, 6) is 0. The quantitative estimate of drug-likeness (QED) is 0.689. The first-order valence-electron chi connectivity index (χ1n) is 8.61. The lowest BCUT2D eigenvalue weighted by Crippen LogP contribution is -2.45. The number of piperazine rings is 1. The Balaban J connectivity index is 1.46. The van der Waals surface area contributed by atoms with Crippen molar-refractivity contribution in [2.45, 2.75) is 11.4 Å². The van der Waals surface area contributed by atoms with Crippen LogP contribution in [0.15, 0.2) is 53.4 Å². The molecule has 0 unspecified atom stereocenters. The molecule has 0 N–H and O–H groups in total. The van der Waals surface area contributed by atoms with Crippen LogP contribution in [-0.2, 0) is 16.4 Å². The second-order valence-corrected chi connectivity index (χ2v) is 9.67. The Morgan fingerprint density at radius 2 is 1.77 bits per heavy atom. The summed E-state index contributed by atoms with van der Waals surface area (Å²) in [6, 6.07) is 15.7. The molecule has 0 radical (unpaired) electrons. The number of fused-ring (bicyclic) bond motifs is 1. The molecule has 5 nitrogen and oxygen atoms in total. The molecule has 3 aromatic rings. The van der Waals surface area contributed by atoms with Crippen molar-refractivity contribution in [1.29, 1.82) is 0 Å². The summed E-state index contributed by atoms with van der Waals surface area (Å²) in [6.45, 7) is 4.85. The van der Waals surface area contributed by atoms with Crippen LogP contribution < -0.4 is 4.90 Å². The maximum absolute atomic E-state index is 11.7. The second-order valence-electron chi connectivity index (χ2n) is 6.65. The lowest BCUT2D eigenvalue weighted by molar-refractivity contribution is 0.250. The number of thiazole rings is 1. The summed E-state index contributed by atoms with van der Waals surface area (Å²) in [5, 5.41) is 0.977. The minimum Gasteiger partial charge on any atom is -0.345 e. The fourth-order valence-electron chi connectivity index (χ4n) is 3.20. The summed E-state index contributed by atoms with van der Waals surface area (Å²) in [7, 11) is -3.19. The van der Waals surface area contributed by atoms with E-state index in [1.807, 2.05) is 6.07 Å². The Bertz CT molecular complexity index is 1010. The number of hydrogen-bond acceptors (Lipinski definition) is 6. The van der Waals surface area contributed by atoms with Gasteiger partial charge in [-0.1, -0.05) is 41.7 Å². The molecule has 1 saturated heterocycles. The van der Waals surface area contributed by atoms with Crippen molar-refractivity contribution in [1.82, 2.24) is 9.88 Å². The molecule has 2 aromatic carbocycles. The predicted octanol–water partition coefficient (Wildman–Crippen LogP) is 3.02. The molecule has 26 heavy (non-hydrogen) atoms. The summed E-state index contributed by atoms with van der Waals surface area (Å²) in [6.07, 6.45) is 1.24. The molecule has 1 aliphatic heterocycles. The Labute approximate surface area is 157 Å². The van der Waals surface area contributed by atoms with Gasteiger partial charge in [0.15, 0.2) is 15.0 Å². The zero-order valence-electron chi connectivity index (χ0n) is 14.6. The van der Waals surface area contributed by atoms with E-state index >= 15 is 0 Å². The van der Waals surface area contributed by atoms with Crippen molar-refractivity contribution < 1.29 is 8.42 Å². The van der Waals surface area contributed by atoms with Gasteiger partial charge in [-0.3, -0.25) is 4.90 Å². The maximum Gasteiger partial charge on any atom is 0.186 e. The Morgan fingerprint density at radius 3 is 2.46 bits per heavy atom. The van der Waals surface area contributed by atoms with Crippen LogP contribution in [0.3, 0.4) is 0 Å². The van der Waals surface area contributed by atoms with Gasteiger partial charge in [-0.15, -0.1) is 0 Å². The Kier molecular flexibility index (Phi) is 4.69. The summed E-state index contributed by atoms with van der Waals surface area (Å²) in [4.78, 5) is 9.81.